The molecule has 1 heterocycles. The average Bonchev–Trinajstić information content (AvgIpc) is 2.10. The maximum Gasteiger partial charge on any atom is 1.00 e. The van der Waals surface area contributed by atoms with Crippen LogP contribution in [0.5, 0.6) is 0 Å². The Labute approximate surface area is 112 Å². The number of hydrogen-bond donors (Lipinski definition) is 4. The first-order chi connectivity index (χ1) is 6.54. The molecule has 1 fully saturated rings. The molecule has 0 aliphatic carbocycles. The summed E-state index contributed by atoms with van der Waals surface area (Å²) < 4.78 is 27.3. The molecule has 0 aromatic heterocycles. The molecule has 7 nitrogen and oxygen atoms in total. The van der Waals surface area contributed by atoms with Gasteiger partial charge in [0.25, 0.3) is 0 Å². The van der Waals surface area contributed by atoms with Gasteiger partial charge in [-0.2, -0.15) is 0 Å². The fourth-order valence-electron chi connectivity index (χ4n) is 1.31. The number of nitrogens with one attached hydrogen (secondary N) is 1. The van der Waals surface area contributed by atoms with Gasteiger partial charge in [-0.05, 0) is 0 Å². The van der Waals surface area contributed by atoms with E-state index in [-0.39, 0.29) is 42.6 Å². The zero-order chi connectivity index (χ0) is 10.7. The van der Waals surface area contributed by atoms with E-state index < -0.39 is 35.8 Å². The van der Waals surface area contributed by atoms with Crippen molar-refractivity contribution in [3.8, 4) is 0 Å². The van der Waals surface area contributed by atoms with E-state index in [0.29, 0.717) is 0 Å². The Kier molecular flexibility index (Phi) is 7.72. The van der Waals surface area contributed by atoms with Crippen molar-refractivity contribution in [2.45, 2.75) is 31.0 Å². The van der Waals surface area contributed by atoms with E-state index in [0.717, 1.165) is 0 Å². The van der Waals surface area contributed by atoms with E-state index in [1.807, 2.05) is 4.72 Å². The zero-order valence-corrected chi connectivity index (χ0v) is 11.0. The van der Waals surface area contributed by atoms with Crippen molar-refractivity contribution in [2.75, 3.05) is 6.61 Å². The third-order valence-corrected chi connectivity index (χ3v) is 2.46. The van der Waals surface area contributed by atoms with Gasteiger partial charge in [-0.15, -0.1) is 0 Å². The molecule has 9 heteroatoms. The van der Waals surface area contributed by atoms with E-state index in [1.54, 1.807) is 0 Å². The van der Waals surface area contributed by atoms with Crippen LogP contribution in [0.1, 0.15) is 6.42 Å². The molecule has 1 rings (SSSR count). The van der Waals surface area contributed by atoms with Crippen LogP contribution in [0.4, 0.5) is 0 Å². The topological polar surface area (TPSA) is 122 Å². The van der Waals surface area contributed by atoms with Crippen molar-refractivity contribution in [2.24, 2.45) is 0 Å². The van der Waals surface area contributed by atoms with Crippen molar-refractivity contribution >= 4 is 11.3 Å². The smallest absolute Gasteiger partial charge is 0.760 e. The Balaban J connectivity index is 0.00000196. The van der Waals surface area contributed by atoms with Gasteiger partial charge < -0.3 is 24.6 Å². The molecule has 1 saturated heterocycles. The molecule has 3 unspecified atom stereocenters. The average molecular weight is 249 g/mol. The minimum absolute atomic E-state index is 0. The molecule has 0 aromatic rings. The quantitative estimate of drug-likeness (QED) is 0.292. The molecule has 1 aliphatic rings. The van der Waals surface area contributed by atoms with Crippen molar-refractivity contribution in [3.05, 3.63) is 0 Å². The molecule has 1 aliphatic heterocycles. The number of rotatable bonds is 3. The zero-order valence-electron chi connectivity index (χ0n) is 8.20. The van der Waals surface area contributed by atoms with E-state index in [9.17, 15) is 19.0 Å². The predicted molar refractivity (Wildman–Crippen MR) is 44.4 cm³/mol. The summed E-state index contributed by atoms with van der Waals surface area (Å²) in [5.74, 6) is 0. The summed E-state index contributed by atoms with van der Waals surface area (Å²) >= 11 is -2.58. The Hall–Kier alpha value is 0.910. The second-order valence-corrected chi connectivity index (χ2v) is 3.72. The molecule has 0 spiro atoms. The predicted octanol–water partition coefficient (Wildman–Crippen LogP) is -5.80. The maximum atomic E-state index is 10.3. The van der Waals surface area contributed by atoms with Crippen LogP contribution in [0.2, 0.25) is 0 Å². The summed E-state index contributed by atoms with van der Waals surface area (Å²) in [4.78, 5) is 0. The van der Waals surface area contributed by atoms with Crippen LogP contribution in [0.25, 0.3) is 0 Å². The van der Waals surface area contributed by atoms with Gasteiger partial charge in [0.15, 0.2) is 6.29 Å². The first kappa shape index (κ1) is 15.9. The minimum Gasteiger partial charge on any atom is -0.760 e. The van der Waals surface area contributed by atoms with Gasteiger partial charge in [0.05, 0.1) is 24.9 Å². The monoisotopic (exact) mass is 249 g/mol. The molecule has 5 atom stereocenters. The van der Waals surface area contributed by atoms with Crippen LogP contribution in [0, 0.1) is 0 Å². The minimum atomic E-state index is -2.58. The summed E-state index contributed by atoms with van der Waals surface area (Å²) in [5, 5.41) is 27.4. The molecule has 0 radical (unpaired) electrons. The van der Waals surface area contributed by atoms with Crippen LogP contribution in [0.3, 0.4) is 0 Å². The van der Waals surface area contributed by atoms with Gasteiger partial charge >= 0.3 is 29.6 Å². The largest absolute Gasteiger partial charge is 1.00 e. The van der Waals surface area contributed by atoms with Crippen LogP contribution in [0.15, 0.2) is 0 Å². The van der Waals surface area contributed by atoms with Gasteiger partial charge in [-0.3, -0.25) is 4.21 Å². The summed E-state index contributed by atoms with van der Waals surface area (Å²) in [7, 11) is 0. The molecule has 4 N–H and O–H groups in total. The standard InChI is InChI=1S/C6H13NO6S.Na/c8-2-3-1-4(9)5(6(10)13-3)7-14(11)12;/h3-10H,1-2H2,(H,11,12);/q;+1/p-1/t3?,4-,5?,6-;/m1./s1. The fourth-order valence-corrected chi connectivity index (χ4v) is 1.80. The molecule has 0 bridgehead atoms. The van der Waals surface area contributed by atoms with E-state index in [2.05, 4.69) is 0 Å². The normalized spacial score (nSPS) is 38.1. The fraction of sp³-hybridized carbons (Fsp3) is 1.00. The number of aliphatic hydroxyl groups is 3. The third kappa shape index (κ3) is 4.73. The molecule has 15 heavy (non-hydrogen) atoms. The molecule has 84 valence electrons. The third-order valence-electron chi connectivity index (χ3n) is 1.99. The van der Waals surface area contributed by atoms with Crippen LogP contribution >= 0.6 is 0 Å². The second kappa shape index (κ2) is 7.28. The van der Waals surface area contributed by atoms with Crippen LogP contribution in [-0.4, -0.2) is 55.2 Å². The van der Waals surface area contributed by atoms with Gasteiger partial charge in [0, 0.05) is 17.7 Å². The molecular weight excluding hydrogens is 237 g/mol. The second-order valence-electron chi connectivity index (χ2n) is 3.01. The van der Waals surface area contributed by atoms with Crippen molar-refractivity contribution in [1.29, 1.82) is 0 Å². The SMILES string of the molecule is O=S([O-])NC1[C@H](O)CC(CO)O[C@H]1O.[Na+]. The Morgan fingerprint density at radius 1 is 1.53 bits per heavy atom. The number of ether oxygens (including phenoxy) is 1. The Morgan fingerprint density at radius 3 is 2.53 bits per heavy atom. The van der Waals surface area contributed by atoms with E-state index >= 15 is 0 Å². The number of aliphatic hydroxyl groups excluding tert-OH is 3. The van der Waals surface area contributed by atoms with Crippen molar-refractivity contribution in [1.82, 2.24) is 4.72 Å². The maximum absolute atomic E-state index is 10.3. The van der Waals surface area contributed by atoms with Crippen molar-refractivity contribution in [3.63, 3.8) is 0 Å². The van der Waals surface area contributed by atoms with Gasteiger partial charge in [0.1, 0.15) is 0 Å². The summed E-state index contributed by atoms with van der Waals surface area (Å²) in [5.41, 5.74) is 0. The van der Waals surface area contributed by atoms with Crippen LogP contribution < -0.4 is 34.3 Å². The van der Waals surface area contributed by atoms with Crippen LogP contribution in [-0.2, 0) is 16.0 Å². The molecule has 0 aromatic carbocycles. The summed E-state index contributed by atoms with van der Waals surface area (Å²) in [6.45, 7) is -0.332. The summed E-state index contributed by atoms with van der Waals surface area (Å²) in [6.07, 6.45) is -3.12. The van der Waals surface area contributed by atoms with E-state index in [1.165, 1.54) is 0 Å². The molecule has 0 amide bonds. The van der Waals surface area contributed by atoms with Crippen molar-refractivity contribution < 1.29 is 58.4 Å². The molecular formula is C6H12NNaO6S. The summed E-state index contributed by atoms with van der Waals surface area (Å²) in [6, 6.07) is -1.09. The Bertz CT molecular complexity index is 208. The number of hydrogen-bond acceptors (Lipinski definition) is 6. The van der Waals surface area contributed by atoms with Gasteiger partial charge in [-0.1, -0.05) is 0 Å². The van der Waals surface area contributed by atoms with Gasteiger partial charge in [-0.25, -0.2) is 4.72 Å². The van der Waals surface area contributed by atoms with Gasteiger partial charge in [0.2, 0.25) is 0 Å². The Morgan fingerprint density at radius 2 is 2.13 bits per heavy atom. The molecule has 0 saturated carbocycles. The van der Waals surface area contributed by atoms with E-state index in [4.69, 9.17) is 9.84 Å². The first-order valence-corrected chi connectivity index (χ1v) is 5.10. The first-order valence-electron chi connectivity index (χ1n) is 4.02.